The number of halogens is 1. The van der Waals surface area contributed by atoms with Crippen molar-refractivity contribution in [3.8, 4) is 0 Å². The molecule has 18 heavy (non-hydrogen) atoms. The molecule has 0 bridgehead atoms. The second-order valence-electron chi connectivity index (χ2n) is 4.32. The van der Waals surface area contributed by atoms with Crippen LogP contribution in [0.4, 0.5) is 0 Å². The van der Waals surface area contributed by atoms with Crippen molar-refractivity contribution in [3.05, 3.63) is 35.9 Å². The Morgan fingerprint density at radius 1 is 1.22 bits per heavy atom. The van der Waals surface area contributed by atoms with Gasteiger partial charge in [-0.25, -0.2) is 0 Å². The number of benzene rings is 1. The number of amides is 1. The Morgan fingerprint density at radius 2 is 1.89 bits per heavy atom. The first-order valence-corrected chi connectivity index (χ1v) is 6.20. The van der Waals surface area contributed by atoms with Gasteiger partial charge in [-0.3, -0.25) is 4.79 Å². The Kier molecular flexibility index (Phi) is 9.33. The van der Waals surface area contributed by atoms with Gasteiger partial charge in [-0.15, -0.1) is 12.4 Å². The van der Waals surface area contributed by atoms with E-state index in [0.717, 1.165) is 19.5 Å². The van der Waals surface area contributed by atoms with Crippen molar-refractivity contribution in [2.45, 2.75) is 25.7 Å². The molecule has 0 radical (unpaired) electrons. The zero-order valence-corrected chi connectivity index (χ0v) is 11.9. The van der Waals surface area contributed by atoms with Crippen LogP contribution in [0.15, 0.2) is 30.3 Å². The minimum Gasteiger partial charge on any atom is -0.356 e. The fourth-order valence-corrected chi connectivity index (χ4v) is 1.74. The first-order valence-electron chi connectivity index (χ1n) is 6.20. The highest BCUT2D eigenvalue weighted by Gasteiger charge is 2.09. The van der Waals surface area contributed by atoms with E-state index in [9.17, 15) is 4.79 Å². The molecule has 1 rings (SSSR count). The molecule has 0 saturated carbocycles. The van der Waals surface area contributed by atoms with Crippen molar-refractivity contribution in [2.75, 3.05) is 20.1 Å². The van der Waals surface area contributed by atoms with Crippen molar-refractivity contribution < 1.29 is 4.79 Å². The van der Waals surface area contributed by atoms with Crippen LogP contribution in [0, 0.1) is 0 Å². The van der Waals surface area contributed by atoms with Gasteiger partial charge in [-0.05, 0) is 31.5 Å². The summed E-state index contributed by atoms with van der Waals surface area (Å²) in [5.74, 6) is 0.415. The number of rotatable bonds is 7. The maximum atomic E-state index is 11.7. The van der Waals surface area contributed by atoms with Gasteiger partial charge in [0.2, 0.25) is 5.91 Å². The fourth-order valence-electron chi connectivity index (χ4n) is 1.74. The first kappa shape index (κ1) is 16.9. The molecule has 0 fully saturated rings. The molecule has 0 aliphatic carbocycles. The van der Waals surface area contributed by atoms with E-state index >= 15 is 0 Å². The average molecular weight is 271 g/mol. The van der Waals surface area contributed by atoms with Crippen LogP contribution in [0.3, 0.4) is 0 Å². The van der Waals surface area contributed by atoms with E-state index in [1.807, 2.05) is 25.2 Å². The van der Waals surface area contributed by atoms with Crippen molar-refractivity contribution >= 4 is 18.3 Å². The molecule has 0 saturated heterocycles. The Hall–Kier alpha value is -1.06. The van der Waals surface area contributed by atoms with Gasteiger partial charge in [0, 0.05) is 13.0 Å². The summed E-state index contributed by atoms with van der Waals surface area (Å²) in [6, 6.07) is 10.2. The molecule has 0 aliphatic heterocycles. The van der Waals surface area contributed by atoms with Crippen molar-refractivity contribution in [2.24, 2.45) is 0 Å². The molecule has 0 heterocycles. The first-order chi connectivity index (χ1) is 8.24. The maximum absolute atomic E-state index is 11.7. The Bertz CT molecular complexity index is 330. The van der Waals surface area contributed by atoms with Gasteiger partial charge < -0.3 is 10.6 Å². The van der Waals surface area contributed by atoms with Gasteiger partial charge in [0.25, 0.3) is 0 Å². The van der Waals surface area contributed by atoms with Crippen LogP contribution in [0.2, 0.25) is 0 Å². The van der Waals surface area contributed by atoms with Gasteiger partial charge in [0.15, 0.2) is 0 Å². The Morgan fingerprint density at radius 3 is 2.50 bits per heavy atom. The van der Waals surface area contributed by atoms with E-state index in [4.69, 9.17) is 0 Å². The maximum Gasteiger partial charge on any atom is 0.220 e. The lowest BCUT2D eigenvalue weighted by Gasteiger charge is -2.11. The summed E-state index contributed by atoms with van der Waals surface area (Å²) in [4.78, 5) is 11.7. The van der Waals surface area contributed by atoms with Crippen molar-refractivity contribution in [3.63, 3.8) is 0 Å². The third-order valence-electron chi connectivity index (χ3n) is 2.79. The Labute approximate surface area is 116 Å². The van der Waals surface area contributed by atoms with E-state index in [0.29, 0.717) is 6.42 Å². The van der Waals surface area contributed by atoms with Gasteiger partial charge in [-0.1, -0.05) is 37.3 Å². The molecule has 102 valence electrons. The number of nitrogens with one attached hydrogen (secondary N) is 2. The molecule has 1 atom stereocenters. The molecule has 1 amide bonds. The summed E-state index contributed by atoms with van der Waals surface area (Å²) >= 11 is 0. The molecular formula is C14H23ClN2O. The molecule has 3 nitrogen and oxygen atoms in total. The van der Waals surface area contributed by atoms with Crippen LogP contribution in [0.5, 0.6) is 0 Å². The topological polar surface area (TPSA) is 41.1 Å². The summed E-state index contributed by atoms with van der Waals surface area (Å²) < 4.78 is 0. The number of carbonyl (C=O) groups excluding carboxylic acids is 1. The summed E-state index contributed by atoms with van der Waals surface area (Å²) in [6.45, 7) is 3.78. The summed E-state index contributed by atoms with van der Waals surface area (Å²) in [5.41, 5.74) is 1.22. The molecule has 0 aromatic heterocycles. The van der Waals surface area contributed by atoms with Gasteiger partial charge in [0.1, 0.15) is 0 Å². The predicted octanol–water partition coefficient (Wildman–Crippen LogP) is 2.33. The minimum atomic E-state index is 0. The molecule has 0 aliphatic rings. The average Bonchev–Trinajstić information content (AvgIpc) is 2.36. The van der Waals surface area contributed by atoms with Crippen molar-refractivity contribution in [1.82, 2.24) is 10.6 Å². The van der Waals surface area contributed by atoms with E-state index in [1.54, 1.807) is 0 Å². The summed E-state index contributed by atoms with van der Waals surface area (Å²) in [6.07, 6.45) is 1.53. The van der Waals surface area contributed by atoms with Gasteiger partial charge >= 0.3 is 0 Å². The second-order valence-corrected chi connectivity index (χ2v) is 4.32. The number of hydrogen-bond donors (Lipinski definition) is 2. The highest BCUT2D eigenvalue weighted by atomic mass is 35.5. The highest BCUT2D eigenvalue weighted by molar-refractivity contribution is 5.85. The minimum absolute atomic E-state index is 0. The van der Waals surface area contributed by atoms with E-state index in [2.05, 4.69) is 29.7 Å². The molecule has 0 spiro atoms. The van der Waals surface area contributed by atoms with Crippen LogP contribution in [0.1, 0.15) is 31.2 Å². The molecule has 2 N–H and O–H groups in total. The number of carbonyl (C=O) groups is 1. The fraction of sp³-hybridized carbons (Fsp3) is 0.500. The monoisotopic (exact) mass is 270 g/mol. The van der Waals surface area contributed by atoms with E-state index < -0.39 is 0 Å². The smallest absolute Gasteiger partial charge is 0.220 e. The molecule has 1 aromatic rings. The largest absolute Gasteiger partial charge is 0.356 e. The third-order valence-corrected chi connectivity index (χ3v) is 2.79. The number of hydrogen-bond acceptors (Lipinski definition) is 2. The van der Waals surface area contributed by atoms with Crippen LogP contribution >= 0.6 is 12.4 Å². The van der Waals surface area contributed by atoms with Crippen LogP contribution < -0.4 is 10.6 Å². The van der Waals surface area contributed by atoms with Crippen LogP contribution in [-0.2, 0) is 4.79 Å². The highest BCUT2D eigenvalue weighted by Crippen LogP contribution is 2.17. The second kappa shape index (κ2) is 9.92. The normalized spacial score (nSPS) is 11.4. The Balaban J connectivity index is 0.00000289. The zero-order valence-electron chi connectivity index (χ0n) is 11.1. The van der Waals surface area contributed by atoms with Crippen molar-refractivity contribution in [1.29, 1.82) is 0 Å². The summed E-state index contributed by atoms with van der Waals surface area (Å²) in [7, 11) is 1.92. The quantitative estimate of drug-likeness (QED) is 0.747. The predicted molar refractivity (Wildman–Crippen MR) is 78.3 cm³/mol. The van der Waals surface area contributed by atoms with Crippen LogP contribution in [0.25, 0.3) is 0 Å². The van der Waals surface area contributed by atoms with E-state index in [1.165, 1.54) is 5.56 Å². The molecule has 1 aromatic carbocycles. The SMILES string of the molecule is CNCCCNC(=O)CC(C)c1ccccc1.Cl. The van der Waals surface area contributed by atoms with Crippen LogP contribution in [-0.4, -0.2) is 26.0 Å². The zero-order chi connectivity index (χ0) is 12.5. The lowest BCUT2D eigenvalue weighted by Crippen LogP contribution is -2.27. The molecular weight excluding hydrogens is 248 g/mol. The van der Waals surface area contributed by atoms with Gasteiger partial charge in [0.05, 0.1) is 0 Å². The standard InChI is InChI=1S/C14H22N2O.ClH/c1-12(13-7-4-3-5-8-13)11-14(17)16-10-6-9-15-2;/h3-5,7-8,12,15H,6,9-11H2,1-2H3,(H,16,17);1H. The molecule has 4 heteroatoms. The molecule has 1 unspecified atom stereocenters. The lowest BCUT2D eigenvalue weighted by molar-refractivity contribution is -0.121. The summed E-state index contributed by atoms with van der Waals surface area (Å²) in [5, 5.41) is 6.00. The lowest BCUT2D eigenvalue weighted by atomic mass is 9.98. The van der Waals surface area contributed by atoms with E-state index in [-0.39, 0.29) is 24.2 Å². The van der Waals surface area contributed by atoms with Gasteiger partial charge in [-0.2, -0.15) is 0 Å². The third kappa shape index (κ3) is 6.62.